The normalized spacial score (nSPS) is 10.8. The predicted octanol–water partition coefficient (Wildman–Crippen LogP) is 3.78. The number of imidazole rings is 1. The number of phenols is 1. The molecule has 0 saturated carbocycles. The van der Waals surface area contributed by atoms with Crippen LogP contribution in [0.2, 0.25) is 0 Å². The number of pyridine rings is 1. The summed E-state index contributed by atoms with van der Waals surface area (Å²) in [7, 11) is 1.34. The summed E-state index contributed by atoms with van der Waals surface area (Å²) in [4.78, 5) is 23.5. The highest BCUT2D eigenvalue weighted by atomic mass is 16.5. The lowest BCUT2D eigenvalue weighted by atomic mass is 10.0. The van der Waals surface area contributed by atoms with E-state index in [-0.39, 0.29) is 5.75 Å². The van der Waals surface area contributed by atoms with Crippen LogP contribution in [0.15, 0.2) is 60.9 Å². The molecule has 0 aliphatic heterocycles. The Morgan fingerprint density at radius 3 is 2.77 bits per heavy atom. The maximum absolute atomic E-state index is 11.7. The van der Waals surface area contributed by atoms with E-state index in [0.29, 0.717) is 28.0 Å². The molecule has 128 valence electrons. The number of aromatic nitrogens is 3. The number of H-pyrrole nitrogens is 1. The zero-order chi connectivity index (χ0) is 18.1. The number of fused-ring (bicyclic) bond motifs is 1. The number of nitrogens with zero attached hydrogens (tertiary/aromatic N) is 2. The van der Waals surface area contributed by atoms with Crippen LogP contribution in [0.25, 0.3) is 33.5 Å². The molecule has 6 nitrogen and oxygen atoms in total. The quantitative estimate of drug-likeness (QED) is 0.552. The molecule has 0 bridgehead atoms. The first-order valence-electron chi connectivity index (χ1n) is 7.97. The van der Waals surface area contributed by atoms with E-state index in [1.54, 1.807) is 36.7 Å². The van der Waals surface area contributed by atoms with Crippen LogP contribution in [0.4, 0.5) is 0 Å². The molecule has 4 aromatic rings. The molecule has 0 saturated heterocycles. The first-order valence-corrected chi connectivity index (χ1v) is 7.97. The average molecular weight is 345 g/mol. The fourth-order valence-corrected chi connectivity index (χ4v) is 2.82. The summed E-state index contributed by atoms with van der Waals surface area (Å²) < 4.78 is 4.74. The van der Waals surface area contributed by atoms with Crippen LogP contribution in [0.3, 0.4) is 0 Å². The molecule has 0 aliphatic rings. The maximum Gasteiger partial charge on any atom is 0.337 e. The molecule has 0 amide bonds. The molecule has 0 atom stereocenters. The number of benzene rings is 2. The highest BCUT2D eigenvalue weighted by molar-refractivity contribution is 5.94. The summed E-state index contributed by atoms with van der Waals surface area (Å²) in [6, 6.07) is 14.2. The van der Waals surface area contributed by atoms with Crippen molar-refractivity contribution in [3.05, 3.63) is 66.5 Å². The summed E-state index contributed by atoms with van der Waals surface area (Å²) in [5.41, 5.74) is 4.25. The average Bonchev–Trinajstić information content (AvgIpc) is 3.11. The summed E-state index contributed by atoms with van der Waals surface area (Å²) in [5.74, 6) is 0.222. The second kappa shape index (κ2) is 6.33. The lowest BCUT2D eigenvalue weighted by Crippen LogP contribution is -2.00. The van der Waals surface area contributed by atoms with Gasteiger partial charge >= 0.3 is 5.97 Å². The summed E-state index contributed by atoms with van der Waals surface area (Å²) in [6.07, 6.45) is 3.47. The molecular weight excluding hydrogens is 330 g/mol. The van der Waals surface area contributed by atoms with Crippen LogP contribution in [0.1, 0.15) is 10.4 Å². The van der Waals surface area contributed by atoms with Crippen molar-refractivity contribution in [2.24, 2.45) is 0 Å². The molecule has 26 heavy (non-hydrogen) atoms. The van der Waals surface area contributed by atoms with Crippen molar-refractivity contribution < 1.29 is 14.6 Å². The first kappa shape index (κ1) is 15.8. The van der Waals surface area contributed by atoms with E-state index in [0.717, 1.165) is 11.1 Å². The van der Waals surface area contributed by atoms with Gasteiger partial charge in [-0.3, -0.25) is 4.98 Å². The minimum atomic E-state index is -0.413. The number of hydrogen-bond donors (Lipinski definition) is 2. The first-order chi connectivity index (χ1) is 12.7. The Hall–Kier alpha value is -3.67. The van der Waals surface area contributed by atoms with Crippen molar-refractivity contribution in [2.75, 3.05) is 7.11 Å². The van der Waals surface area contributed by atoms with Gasteiger partial charge in [-0.25, -0.2) is 9.78 Å². The van der Waals surface area contributed by atoms with E-state index in [1.807, 2.05) is 24.3 Å². The van der Waals surface area contributed by atoms with Gasteiger partial charge in [0, 0.05) is 18.0 Å². The van der Waals surface area contributed by atoms with E-state index in [1.165, 1.54) is 7.11 Å². The minimum Gasteiger partial charge on any atom is -0.507 e. The Morgan fingerprint density at radius 2 is 2.00 bits per heavy atom. The third kappa shape index (κ3) is 2.77. The van der Waals surface area contributed by atoms with Gasteiger partial charge in [0.05, 0.1) is 29.3 Å². The number of ether oxygens (including phenoxy) is 1. The number of aromatic hydroxyl groups is 1. The molecule has 2 N–H and O–H groups in total. The molecule has 0 fully saturated rings. The SMILES string of the molecule is COC(=O)c1ccc2nc(-c3cc(-c4cccnc4)ccc3O)[nH]c2c1. The number of phenolic OH excluding ortho intramolecular Hbond substituents is 1. The number of methoxy groups -OCH3 is 1. The number of aromatic amines is 1. The fourth-order valence-electron chi connectivity index (χ4n) is 2.82. The van der Waals surface area contributed by atoms with Gasteiger partial charge in [-0.15, -0.1) is 0 Å². The van der Waals surface area contributed by atoms with Crippen molar-refractivity contribution in [1.29, 1.82) is 0 Å². The van der Waals surface area contributed by atoms with E-state index < -0.39 is 5.97 Å². The van der Waals surface area contributed by atoms with Crippen molar-refractivity contribution in [3.8, 4) is 28.3 Å². The number of hydrogen-bond acceptors (Lipinski definition) is 5. The molecular formula is C20H15N3O3. The highest BCUT2D eigenvalue weighted by Crippen LogP contribution is 2.33. The molecule has 2 aromatic carbocycles. The molecule has 0 unspecified atom stereocenters. The second-order valence-electron chi connectivity index (χ2n) is 5.78. The van der Waals surface area contributed by atoms with Gasteiger partial charge in [0.25, 0.3) is 0 Å². The Balaban J connectivity index is 1.81. The number of nitrogens with one attached hydrogen (secondary N) is 1. The van der Waals surface area contributed by atoms with Crippen LogP contribution in [0, 0.1) is 0 Å². The second-order valence-corrected chi connectivity index (χ2v) is 5.78. The van der Waals surface area contributed by atoms with Gasteiger partial charge in [0.15, 0.2) is 0 Å². The Kier molecular flexibility index (Phi) is 3.85. The maximum atomic E-state index is 11.7. The van der Waals surface area contributed by atoms with Crippen molar-refractivity contribution >= 4 is 17.0 Å². The third-order valence-electron chi connectivity index (χ3n) is 4.15. The molecule has 0 radical (unpaired) electrons. The lowest BCUT2D eigenvalue weighted by molar-refractivity contribution is 0.0601. The van der Waals surface area contributed by atoms with Crippen molar-refractivity contribution in [1.82, 2.24) is 15.0 Å². The monoisotopic (exact) mass is 345 g/mol. The van der Waals surface area contributed by atoms with Crippen LogP contribution < -0.4 is 0 Å². The Labute approximate surface area is 149 Å². The highest BCUT2D eigenvalue weighted by Gasteiger charge is 2.13. The summed E-state index contributed by atoms with van der Waals surface area (Å²) >= 11 is 0. The molecule has 4 rings (SSSR count). The van der Waals surface area contributed by atoms with E-state index in [2.05, 4.69) is 15.0 Å². The van der Waals surface area contributed by atoms with E-state index >= 15 is 0 Å². The van der Waals surface area contributed by atoms with E-state index in [9.17, 15) is 9.90 Å². The molecule has 2 heterocycles. The fraction of sp³-hybridized carbons (Fsp3) is 0.0500. The smallest absolute Gasteiger partial charge is 0.337 e. The Bertz CT molecular complexity index is 1100. The molecule has 0 aliphatic carbocycles. The van der Waals surface area contributed by atoms with Gasteiger partial charge < -0.3 is 14.8 Å². The van der Waals surface area contributed by atoms with Crippen molar-refractivity contribution in [3.63, 3.8) is 0 Å². The van der Waals surface area contributed by atoms with E-state index in [4.69, 9.17) is 4.74 Å². The topological polar surface area (TPSA) is 88.1 Å². The molecule has 0 spiro atoms. The number of esters is 1. The van der Waals surface area contributed by atoms with Crippen molar-refractivity contribution in [2.45, 2.75) is 0 Å². The summed E-state index contributed by atoms with van der Waals surface area (Å²) in [6.45, 7) is 0. The number of rotatable bonds is 3. The number of carbonyl (C=O) groups is 1. The van der Waals surface area contributed by atoms with Crippen LogP contribution in [0.5, 0.6) is 5.75 Å². The largest absolute Gasteiger partial charge is 0.507 e. The molecule has 6 heteroatoms. The zero-order valence-electron chi connectivity index (χ0n) is 13.9. The van der Waals surface area contributed by atoms with Gasteiger partial charge in [0.1, 0.15) is 11.6 Å². The minimum absolute atomic E-state index is 0.116. The zero-order valence-corrected chi connectivity index (χ0v) is 13.9. The summed E-state index contributed by atoms with van der Waals surface area (Å²) in [5, 5.41) is 10.3. The Morgan fingerprint density at radius 1 is 1.12 bits per heavy atom. The van der Waals surface area contributed by atoms with Crippen LogP contribution in [-0.2, 0) is 4.74 Å². The van der Waals surface area contributed by atoms with Gasteiger partial charge in [-0.05, 0) is 42.0 Å². The lowest BCUT2D eigenvalue weighted by Gasteiger charge is -2.06. The van der Waals surface area contributed by atoms with Crippen LogP contribution in [-0.4, -0.2) is 33.1 Å². The van der Waals surface area contributed by atoms with Gasteiger partial charge in [-0.2, -0.15) is 0 Å². The standard InChI is InChI=1S/C20H15N3O3/c1-26-20(25)13-4-6-16-17(10-13)23-19(22-16)15-9-12(5-7-18(15)24)14-3-2-8-21-11-14/h2-11,24H,1H3,(H,22,23). The number of carbonyl (C=O) groups excluding carboxylic acids is 1. The molecule has 2 aromatic heterocycles. The van der Waals surface area contributed by atoms with Gasteiger partial charge in [0.2, 0.25) is 0 Å². The van der Waals surface area contributed by atoms with Crippen LogP contribution >= 0.6 is 0 Å². The predicted molar refractivity (Wildman–Crippen MR) is 97.8 cm³/mol. The van der Waals surface area contributed by atoms with Gasteiger partial charge in [-0.1, -0.05) is 12.1 Å². The third-order valence-corrected chi connectivity index (χ3v) is 4.15.